The summed E-state index contributed by atoms with van der Waals surface area (Å²) in [5.41, 5.74) is -1.62. The van der Waals surface area contributed by atoms with Crippen LogP contribution in [0.2, 0.25) is 0 Å². The Morgan fingerprint density at radius 3 is 2.47 bits per heavy atom. The molecule has 0 bridgehead atoms. The van der Waals surface area contributed by atoms with Crippen molar-refractivity contribution < 1.29 is 13.2 Å². The lowest BCUT2D eigenvalue weighted by Crippen LogP contribution is -2.56. The maximum Gasteiger partial charge on any atom is 0.406 e. The molecule has 1 aliphatic carbocycles. The highest BCUT2D eigenvalue weighted by Crippen LogP contribution is 2.41. The molecule has 15 heavy (non-hydrogen) atoms. The summed E-state index contributed by atoms with van der Waals surface area (Å²) in [6.07, 6.45) is -1.39. The molecule has 2 unspecified atom stereocenters. The van der Waals surface area contributed by atoms with Crippen LogP contribution in [-0.4, -0.2) is 18.3 Å². The molecule has 0 aromatic carbocycles. The molecule has 1 nitrogen and oxygen atoms in total. The van der Waals surface area contributed by atoms with Crippen LogP contribution in [0.25, 0.3) is 0 Å². The molecule has 0 heterocycles. The smallest absolute Gasteiger partial charge is 0.304 e. The predicted octanol–water partition coefficient (Wildman–Crippen LogP) is 3.50. The molecule has 4 heteroatoms. The molecule has 0 amide bonds. The van der Waals surface area contributed by atoms with E-state index in [2.05, 4.69) is 5.32 Å². The van der Waals surface area contributed by atoms with Crippen LogP contribution in [0.4, 0.5) is 13.2 Å². The van der Waals surface area contributed by atoms with Crippen molar-refractivity contribution >= 4 is 0 Å². The fourth-order valence-corrected chi connectivity index (χ4v) is 2.41. The standard InChI is InChI=1S/C11H20F3N/c1-3-15-10(11(12,13)14)7-4-5-9(2)6-8-10/h9,15H,3-8H2,1-2H3. The third-order valence-electron chi connectivity index (χ3n) is 3.42. The number of hydrogen-bond acceptors (Lipinski definition) is 1. The van der Waals surface area contributed by atoms with E-state index in [-0.39, 0.29) is 12.8 Å². The molecule has 0 aliphatic heterocycles. The zero-order valence-electron chi connectivity index (χ0n) is 9.45. The molecule has 1 fully saturated rings. The summed E-state index contributed by atoms with van der Waals surface area (Å²) in [6.45, 7) is 4.16. The fourth-order valence-electron chi connectivity index (χ4n) is 2.41. The van der Waals surface area contributed by atoms with Crippen LogP contribution >= 0.6 is 0 Å². The van der Waals surface area contributed by atoms with E-state index in [1.165, 1.54) is 0 Å². The van der Waals surface area contributed by atoms with E-state index < -0.39 is 11.7 Å². The van der Waals surface area contributed by atoms with Crippen LogP contribution in [0.3, 0.4) is 0 Å². The van der Waals surface area contributed by atoms with E-state index in [0.717, 1.165) is 6.42 Å². The minimum absolute atomic E-state index is 0.228. The van der Waals surface area contributed by atoms with Crippen molar-refractivity contribution in [1.29, 1.82) is 0 Å². The van der Waals surface area contributed by atoms with Crippen molar-refractivity contribution in [2.24, 2.45) is 5.92 Å². The van der Waals surface area contributed by atoms with Gasteiger partial charge in [-0.3, -0.25) is 0 Å². The summed E-state index contributed by atoms with van der Waals surface area (Å²) in [5.74, 6) is 0.424. The zero-order valence-corrected chi connectivity index (χ0v) is 9.45. The van der Waals surface area contributed by atoms with Gasteiger partial charge >= 0.3 is 6.18 Å². The second kappa shape index (κ2) is 4.73. The third-order valence-corrected chi connectivity index (χ3v) is 3.42. The molecule has 1 N–H and O–H groups in total. The third kappa shape index (κ3) is 2.86. The molecule has 0 radical (unpaired) electrons. The summed E-state index contributed by atoms with van der Waals surface area (Å²) in [6, 6.07) is 0. The van der Waals surface area contributed by atoms with Gasteiger partial charge in [-0.25, -0.2) is 0 Å². The average molecular weight is 223 g/mol. The van der Waals surface area contributed by atoms with Crippen molar-refractivity contribution in [1.82, 2.24) is 5.32 Å². The Morgan fingerprint density at radius 1 is 1.27 bits per heavy atom. The van der Waals surface area contributed by atoms with E-state index in [1.807, 2.05) is 6.92 Å². The normalized spacial score (nSPS) is 33.8. The first kappa shape index (κ1) is 12.8. The van der Waals surface area contributed by atoms with Crippen molar-refractivity contribution in [2.45, 2.75) is 57.7 Å². The first-order valence-corrected chi connectivity index (χ1v) is 5.73. The number of alkyl halides is 3. The lowest BCUT2D eigenvalue weighted by atomic mass is 9.89. The summed E-state index contributed by atoms with van der Waals surface area (Å²) in [7, 11) is 0. The SMILES string of the molecule is CCNC1(C(F)(F)F)CCCC(C)CC1. The highest BCUT2D eigenvalue weighted by molar-refractivity contribution is 4.96. The number of halogens is 3. The van der Waals surface area contributed by atoms with Gasteiger partial charge in [0.2, 0.25) is 0 Å². The second-order valence-electron chi connectivity index (χ2n) is 4.65. The molecular weight excluding hydrogens is 203 g/mol. The molecule has 1 rings (SSSR count). The fraction of sp³-hybridized carbons (Fsp3) is 1.00. The molecule has 0 aromatic heterocycles. The monoisotopic (exact) mass is 223 g/mol. The first-order chi connectivity index (χ1) is 6.91. The highest BCUT2D eigenvalue weighted by atomic mass is 19.4. The van der Waals surface area contributed by atoms with Gasteiger partial charge in [-0.15, -0.1) is 0 Å². The summed E-state index contributed by atoms with van der Waals surface area (Å²) >= 11 is 0. The number of nitrogens with one attached hydrogen (secondary N) is 1. The molecule has 0 spiro atoms. The molecule has 1 aliphatic rings. The van der Waals surface area contributed by atoms with E-state index >= 15 is 0 Å². The van der Waals surface area contributed by atoms with E-state index in [4.69, 9.17) is 0 Å². The van der Waals surface area contributed by atoms with Crippen molar-refractivity contribution in [3.8, 4) is 0 Å². The Balaban J connectivity index is 2.80. The van der Waals surface area contributed by atoms with Crippen LogP contribution in [0.15, 0.2) is 0 Å². The highest BCUT2D eigenvalue weighted by Gasteiger charge is 2.53. The second-order valence-corrected chi connectivity index (χ2v) is 4.65. The van der Waals surface area contributed by atoms with Gasteiger partial charge in [-0.05, 0) is 31.7 Å². The Bertz CT molecular complexity index is 202. The quantitative estimate of drug-likeness (QED) is 0.706. The average Bonchev–Trinajstić information content (AvgIpc) is 2.29. The Morgan fingerprint density at radius 2 is 1.93 bits per heavy atom. The summed E-state index contributed by atoms with van der Waals surface area (Å²) in [5, 5.41) is 2.67. The van der Waals surface area contributed by atoms with Crippen LogP contribution in [0.1, 0.15) is 46.0 Å². The van der Waals surface area contributed by atoms with Crippen LogP contribution in [0.5, 0.6) is 0 Å². The zero-order chi connectivity index (χ0) is 11.5. The molecular formula is C11H20F3N. The van der Waals surface area contributed by atoms with Gasteiger partial charge in [0.25, 0.3) is 0 Å². The maximum atomic E-state index is 13.0. The predicted molar refractivity (Wildman–Crippen MR) is 54.7 cm³/mol. The largest absolute Gasteiger partial charge is 0.406 e. The van der Waals surface area contributed by atoms with Gasteiger partial charge in [0.05, 0.1) is 0 Å². The number of rotatable bonds is 2. The molecule has 0 saturated heterocycles. The van der Waals surface area contributed by atoms with Crippen LogP contribution in [-0.2, 0) is 0 Å². The molecule has 0 aromatic rings. The van der Waals surface area contributed by atoms with Gasteiger partial charge < -0.3 is 5.32 Å². The first-order valence-electron chi connectivity index (χ1n) is 5.73. The lowest BCUT2D eigenvalue weighted by Gasteiger charge is -2.35. The number of hydrogen-bond donors (Lipinski definition) is 1. The minimum atomic E-state index is -4.12. The van der Waals surface area contributed by atoms with Crippen LogP contribution < -0.4 is 5.32 Å². The van der Waals surface area contributed by atoms with Gasteiger partial charge in [0.1, 0.15) is 5.54 Å². The molecule has 1 saturated carbocycles. The van der Waals surface area contributed by atoms with Crippen molar-refractivity contribution in [3.63, 3.8) is 0 Å². The van der Waals surface area contributed by atoms with Crippen molar-refractivity contribution in [2.75, 3.05) is 6.54 Å². The molecule has 2 atom stereocenters. The minimum Gasteiger partial charge on any atom is -0.304 e. The Kier molecular flexibility index (Phi) is 4.04. The molecule has 90 valence electrons. The van der Waals surface area contributed by atoms with E-state index in [1.54, 1.807) is 6.92 Å². The Labute approximate surface area is 89.4 Å². The van der Waals surface area contributed by atoms with E-state index in [0.29, 0.717) is 25.3 Å². The Hall–Kier alpha value is -0.250. The van der Waals surface area contributed by atoms with Gasteiger partial charge in [0.15, 0.2) is 0 Å². The summed E-state index contributed by atoms with van der Waals surface area (Å²) < 4.78 is 39.1. The topological polar surface area (TPSA) is 12.0 Å². The van der Waals surface area contributed by atoms with Gasteiger partial charge in [-0.1, -0.05) is 26.7 Å². The van der Waals surface area contributed by atoms with Crippen molar-refractivity contribution in [3.05, 3.63) is 0 Å². The van der Waals surface area contributed by atoms with Gasteiger partial charge in [-0.2, -0.15) is 13.2 Å². The maximum absolute atomic E-state index is 13.0. The van der Waals surface area contributed by atoms with Gasteiger partial charge in [0, 0.05) is 0 Å². The van der Waals surface area contributed by atoms with E-state index in [9.17, 15) is 13.2 Å². The summed E-state index contributed by atoms with van der Waals surface area (Å²) in [4.78, 5) is 0. The lowest BCUT2D eigenvalue weighted by molar-refractivity contribution is -0.200. The van der Waals surface area contributed by atoms with Crippen LogP contribution in [0, 0.1) is 5.92 Å².